The number of likely N-dealkylation sites (tertiary alicyclic amines) is 1. The van der Waals surface area contributed by atoms with Gasteiger partial charge in [-0.1, -0.05) is 58.0 Å². The molecule has 3 aliphatic rings. The molecule has 4 atom stereocenters. The van der Waals surface area contributed by atoms with Crippen molar-refractivity contribution < 1.29 is 28.6 Å². The lowest BCUT2D eigenvalue weighted by Gasteiger charge is -2.36. The summed E-state index contributed by atoms with van der Waals surface area (Å²) in [5.74, 6) is 0.0584. The summed E-state index contributed by atoms with van der Waals surface area (Å²) in [5, 5.41) is 5.86. The second-order valence-corrected chi connectivity index (χ2v) is 19.6. The number of methoxy groups -OCH3 is 2. The van der Waals surface area contributed by atoms with Crippen LogP contribution >= 0.6 is 0 Å². The Morgan fingerprint density at radius 2 is 1.84 bits per heavy atom. The highest BCUT2D eigenvalue weighted by molar-refractivity contribution is 5.95. The van der Waals surface area contributed by atoms with Gasteiger partial charge in [0, 0.05) is 67.4 Å². The van der Waals surface area contributed by atoms with Crippen molar-refractivity contribution in [3.8, 4) is 28.1 Å². The number of aromatic nitrogens is 2. The van der Waals surface area contributed by atoms with Gasteiger partial charge in [0.25, 0.3) is 5.91 Å². The minimum absolute atomic E-state index is 0.0318. The molecule has 2 fully saturated rings. The number of nitrogens with one attached hydrogen (secondary N) is 2. The van der Waals surface area contributed by atoms with Crippen LogP contribution in [0.2, 0.25) is 0 Å². The van der Waals surface area contributed by atoms with Crippen molar-refractivity contribution in [1.29, 1.82) is 0 Å². The van der Waals surface area contributed by atoms with Gasteiger partial charge < -0.3 is 24.1 Å². The van der Waals surface area contributed by atoms with Gasteiger partial charge in [-0.25, -0.2) is 10.4 Å². The van der Waals surface area contributed by atoms with Crippen molar-refractivity contribution in [2.45, 2.75) is 98.0 Å². The molecule has 2 amide bonds. The van der Waals surface area contributed by atoms with Gasteiger partial charge in [0.2, 0.25) is 5.91 Å². The fraction of sp³-hybridized carbons (Fsp3) is 0.463. The molecule has 3 aromatic carbocycles. The minimum atomic E-state index is -0.910. The number of hydrogen-bond donors (Lipinski definition) is 2. The van der Waals surface area contributed by atoms with E-state index in [9.17, 15) is 14.4 Å². The summed E-state index contributed by atoms with van der Waals surface area (Å²) in [6.45, 7) is 14.2. The molecule has 5 aromatic rings. The largest absolute Gasteiger partial charge is 0.497 e. The summed E-state index contributed by atoms with van der Waals surface area (Å²) in [5.41, 5.74) is 11.8. The number of carbonyl (C=O) groups is 3. The molecular formula is C54H66N8O6. The zero-order valence-electron chi connectivity index (χ0n) is 40.6. The van der Waals surface area contributed by atoms with Crippen molar-refractivity contribution in [3.05, 3.63) is 102 Å². The van der Waals surface area contributed by atoms with Gasteiger partial charge in [-0.15, -0.1) is 0 Å². The third kappa shape index (κ3) is 10.9. The Morgan fingerprint density at radius 3 is 2.60 bits per heavy atom. The molecule has 2 aromatic heterocycles. The number of aryl methyl sites for hydroxylation is 1. The zero-order valence-corrected chi connectivity index (χ0v) is 40.6. The average molecular weight is 923 g/mol. The molecule has 0 radical (unpaired) electrons. The van der Waals surface area contributed by atoms with E-state index in [1.54, 1.807) is 20.4 Å². The quantitative estimate of drug-likeness (QED) is 0.0936. The Bertz CT molecular complexity index is 2670. The summed E-state index contributed by atoms with van der Waals surface area (Å²) < 4.78 is 19.4. The lowest BCUT2D eigenvalue weighted by atomic mass is 9.84. The monoisotopic (exact) mass is 923 g/mol. The smallest absolute Gasteiger partial charge is 0.324 e. The van der Waals surface area contributed by atoms with Gasteiger partial charge in [0.15, 0.2) is 0 Å². The van der Waals surface area contributed by atoms with Gasteiger partial charge in [-0.05, 0) is 121 Å². The maximum Gasteiger partial charge on any atom is 0.324 e. The number of hydrogen-bond acceptors (Lipinski definition) is 11. The molecule has 358 valence electrons. The number of hydrazine groups is 1. The maximum absolute atomic E-state index is 14.8. The summed E-state index contributed by atoms with van der Waals surface area (Å²) in [6, 6.07) is 25.0. The third-order valence-electron chi connectivity index (χ3n) is 13.5. The highest BCUT2D eigenvalue weighted by atomic mass is 16.5. The summed E-state index contributed by atoms with van der Waals surface area (Å²) >= 11 is 0. The highest BCUT2D eigenvalue weighted by Crippen LogP contribution is 2.41. The molecule has 0 aliphatic carbocycles. The van der Waals surface area contributed by atoms with Gasteiger partial charge in [-0.2, -0.15) is 4.99 Å². The number of fused-ring (bicyclic) bond motifs is 6. The van der Waals surface area contributed by atoms with Crippen molar-refractivity contribution in [2.75, 3.05) is 47.0 Å². The molecule has 5 heterocycles. The molecule has 8 rings (SSSR count). The molecule has 2 N–H and O–H groups in total. The lowest BCUT2D eigenvalue weighted by Crippen LogP contribution is -2.62. The van der Waals surface area contributed by atoms with Crippen LogP contribution in [0.25, 0.3) is 33.3 Å². The molecule has 3 aliphatic heterocycles. The van der Waals surface area contributed by atoms with Crippen molar-refractivity contribution in [1.82, 2.24) is 30.2 Å². The van der Waals surface area contributed by atoms with Crippen LogP contribution in [0.4, 0.5) is 5.69 Å². The number of benzene rings is 3. The average Bonchev–Trinajstić information content (AvgIpc) is 3.93. The number of aliphatic imine (C=N–C) groups is 2. The fourth-order valence-corrected chi connectivity index (χ4v) is 10.2. The number of rotatable bonds is 12. The summed E-state index contributed by atoms with van der Waals surface area (Å²) in [6.07, 6.45) is 6.60. The summed E-state index contributed by atoms with van der Waals surface area (Å²) in [4.78, 5) is 59.0. The van der Waals surface area contributed by atoms with E-state index in [4.69, 9.17) is 14.2 Å². The van der Waals surface area contributed by atoms with Gasteiger partial charge in [-0.3, -0.25) is 29.3 Å². The van der Waals surface area contributed by atoms with Gasteiger partial charge in [0.05, 0.1) is 50.3 Å². The van der Waals surface area contributed by atoms with E-state index in [0.29, 0.717) is 45.5 Å². The summed E-state index contributed by atoms with van der Waals surface area (Å²) in [7, 11) is 3.33. The topological polar surface area (TPSA) is 152 Å². The fourth-order valence-electron chi connectivity index (χ4n) is 10.2. The van der Waals surface area contributed by atoms with Gasteiger partial charge >= 0.3 is 5.97 Å². The normalized spacial score (nSPS) is 20.4. The predicted octanol–water partition coefficient (Wildman–Crippen LogP) is 8.05. The molecule has 2 saturated heterocycles. The molecule has 0 spiro atoms. The maximum atomic E-state index is 14.8. The first-order valence-electron chi connectivity index (χ1n) is 24.1. The SMILES string of the molecule is CCn1c(-c2cnccc2COC)c2c3cc(ccc31)-c1cccc(c1)C[C@H](NC(=O)[C@H](C(C)C)N1CC[C@@H](CN=C=Nc3ccc(OC)cc3)C1)C(=O)N1CCC[C@H](N1)C(=O)OCC(C)(C)C2. The Balaban J connectivity index is 1.11. The van der Waals surface area contributed by atoms with Gasteiger partial charge in [0.1, 0.15) is 17.8 Å². The first-order chi connectivity index (χ1) is 32.9. The molecular weight excluding hydrogens is 857 g/mol. The minimum Gasteiger partial charge on any atom is -0.497 e. The van der Waals surface area contributed by atoms with Crippen molar-refractivity contribution in [3.63, 3.8) is 0 Å². The van der Waals surface area contributed by atoms with Crippen LogP contribution in [0.1, 0.15) is 70.6 Å². The Labute approximate surface area is 400 Å². The molecule has 14 heteroatoms. The number of amides is 2. The van der Waals surface area contributed by atoms with E-state index in [0.717, 1.165) is 80.9 Å². The van der Waals surface area contributed by atoms with E-state index in [-0.39, 0.29) is 36.7 Å². The van der Waals surface area contributed by atoms with E-state index in [1.807, 2.05) is 62.5 Å². The standard InChI is InChI=1S/C54H66N8O6/c1-8-61-48-19-14-39-27-43(48)44(50(61)45-30-55-22-20-40(45)32-66-6)28-54(4,5)33-68-53(65)46-13-10-23-62(59-46)52(64)47(26-36-11-9-12-38(39)25-36)58-51(63)49(35(2)3)60-24-21-37(31-60)29-56-34-57-41-15-17-42(67-7)18-16-41/h9,11-12,14-20,22,25,27,30,35,37,46-47,49,59H,8,10,13,21,23-24,26,28-29,31-33H2,1-7H3,(H,58,63)/t37-,46-,47-,49-/m0/s1. The van der Waals surface area contributed by atoms with Crippen LogP contribution in [0.5, 0.6) is 5.75 Å². The number of esters is 1. The van der Waals surface area contributed by atoms with E-state index in [1.165, 1.54) is 5.01 Å². The number of pyridine rings is 1. The van der Waals surface area contributed by atoms with Crippen LogP contribution in [-0.4, -0.2) is 108 Å². The second kappa shape index (κ2) is 21.4. The number of carbonyl (C=O) groups excluding carboxylic acids is 3. The van der Waals surface area contributed by atoms with Crippen LogP contribution in [-0.2, 0) is 49.9 Å². The van der Waals surface area contributed by atoms with Crippen LogP contribution in [0.3, 0.4) is 0 Å². The zero-order chi connectivity index (χ0) is 48.0. The lowest BCUT2D eigenvalue weighted by molar-refractivity contribution is -0.155. The Kier molecular flexibility index (Phi) is 15.2. The predicted molar refractivity (Wildman–Crippen MR) is 265 cm³/mol. The van der Waals surface area contributed by atoms with E-state index >= 15 is 0 Å². The molecule has 14 nitrogen and oxygen atoms in total. The van der Waals surface area contributed by atoms with Crippen LogP contribution in [0, 0.1) is 17.3 Å². The van der Waals surface area contributed by atoms with Crippen LogP contribution in [0.15, 0.2) is 95.2 Å². The van der Waals surface area contributed by atoms with E-state index in [2.05, 4.69) is 92.3 Å². The third-order valence-corrected chi connectivity index (χ3v) is 13.5. The number of nitrogens with zero attached hydrogens (tertiary/aromatic N) is 6. The van der Waals surface area contributed by atoms with Crippen molar-refractivity contribution in [2.24, 2.45) is 27.2 Å². The second-order valence-electron chi connectivity index (χ2n) is 19.6. The number of cyclic esters (lactones) is 1. The van der Waals surface area contributed by atoms with Crippen molar-refractivity contribution >= 4 is 40.4 Å². The highest BCUT2D eigenvalue weighted by Gasteiger charge is 2.39. The number of ether oxygens (including phenoxy) is 3. The molecule has 0 saturated carbocycles. The van der Waals surface area contributed by atoms with Crippen LogP contribution < -0.4 is 15.5 Å². The molecule has 68 heavy (non-hydrogen) atoms. The Morgan fingerprint density at radius 1 is 1.03 bits per heavy atom. The van der Waals surface area contributed by atoms with E-state index < -0.39 is 29.5 Å². The Hall–Kier alpha value is -6.18. The molecule has 0 unspecified atom stereocenters. The first kappa shape index (κ1) is 48.3. The first-order valence-corrected chi connectivity index (χ1v) is 24.1. The molecule has 6 bridgehead atoms.